The van der Waals surface area contributed by atoms with Crippen molar-refractivity contribution in [2.24, 2.45) is 5.84 Å². The third-order valence-corrected chi connectivity index (χ3v) is 2.25. The van der Waals surface area contributed by atoms with Crippen molar-refractivity contribution in [2.45, 2.75) is 11.5 Å². The lowest BCUT2D eigenvalue weighted by Gasteiger charge is -2.15. The molecule has 0 aliphatic heterocycles. The van der Waals surface area contributed by atoms with Gasteiger partial charge in [0.05, 0.1) is 0 Å². The fourth-order valence-corrected chi connectivity index (χ4v) is 1.25. The number of alkyl halides is 1. The zero-order valence-corrected chi connectivity index (χ0v) is 8.11. The summed E-state index contributed by atoms with van der Waals surface area (Å²) in [5.74, 6) is 4.29. The van der Waals surface area contributed by atoms with E-state index < -0.39 is 17.4 Å². The SMILES string of the molecule is NNC(=O)C(Cl)C(O)c1ccccc1. The van der Waals surface area contributed by atoms with Crippen molar-refractivity contribution in [3.63, 3.8) is 0 Å². The summed E-state index contributed by atoms with van der Waals surface area (Å²) in [6.07, 6.45) is -1.05. The molecule has 0 heterocycles. The molecule has 1 rings (SSSR count). The van der Waals surface area contributed by atoms with Crippen LogP contribution in [0.4, 0.5) is 0 Å². The lowest BCUT2D eigenvalue weighted by atomic mass is 10.1. The highest BCUT2D eigenvalue weighted by atomic mass is 35.5. The topological polar surface area (TPSA) is 75.3 Å². The van der Waals surface area contributed by atoms with Crippen molar-refractivity contribution in [3.05, 3.63) is 35.9 Å². The molecule has 1 aromatic rings. The first-order chi connectivity index (χ1) is 6.66. The number of benzene rings is 1. The van der Waals surface area contributed by atoms with Gasteiger partial charge in [-0.05, 0) is 5.56 Å². The molecule has 2 unspecified atom stereocenters. The fraction of sp³-hybridized carbons (Fsp3) is 0.222. The number of hydrogen-bond acceptors (Lipinski definition) is 3. The molecule has 0 radical (unpaired) electrons. The Bertz CT molecular complexity index is 305. The van der Waals surface area contributed by atoms with E-state index in [0.29, 0.717) is 5.56 Å². The van der Waals surface area contributed by atoms with E-state index >= 15 is 0 Å². The van der Waals surface area contributed by atoms with Crippen LogP contribution in [0.3, 0.4) is 0 Å². The normalized spacial score (nSPS) is 14.5. The smallest absolute Gasteiger partial charge is 0.254 e. The Hall–Kier alpha value is -1.10. The van der Waals surface area contributed by atoms with Crippen molar-refractivity contribution in [1.29, 1.82) is 0 Å². The molecule has 0 aliphatic carbocycles. The van der Waals surface area contributed by atoms with Crippen molar-refractivity contribution in [3.8, 4) is 0 Å². The Kier molecular flexibility index (Phi) is 3.88. The molecule has 0 saturated heterocycles. The van der Waals surface area contributed by atoms with Crippen molar-refractivity contribution >= 4 is 17.5 Å². The second kappa shape index (κ2) is 4.95. The second-order valence-corrected chi connectivity index (χ2v) is 3.24. The van der Waals surface area contributed by atoms with Gasteiger partial charge in [-0.1, -0.05) is 30.3 Å². The number of amides is 1. The van der Waals surface area contributed by atoms with Crippen LogP contribution >= 0.6 is 11.6 Å². The number of carbonyl (C=O) groups excluding carboxylic acids is 1. The highest BCUT2D eigenvalue weighted by molar-refractivity contribution is 6.31. The summed E-state index contributed by atoms with van der Waals surface area (Å²) < 4.78 is 0. The van der Waals surface area contributed by atoms with Gasteiger partial charge in [0.25, 0.3) is 5.91 Å². The molecule has 0 spiro atoms. The molecule has 4 N–H and O–H groups in total. The van der Waals surface area contributed by atoms with E-state index in [0.717, 1.165) is 0 Å². The summed E-state index contributed by atoms with van der Waals surface area (Å²) in [7, 11) is 0. The second-order valence-electron chi connectivity index (χ2n) is 2.77. The van der Waals surface area contributed by atoms with Crippen molar-refractivity contribution in [1.82, 2.24) is 5.43 Å². The molecule has 0 aliphatic rings. The van der Waals surface area contributed by atoms with Gasteiger partial charge < -0.3 is 5.11 Å². The van der Waals surface area contributed by atoms with Crippen molar-refractivity contribution in [2.75, 3.05) is 0 Å². The number of aliphatic hydroxyl groups is 1. The Labute approximate surface area is 86.6 Å². The van der Waals surface area contributed by atoms with Crippen LogP contribution < -0.4 is 11.3 Å². The average molecular weight is 215 g/mol. The lowest BCUT2D eigenvalue weighted by Crippen LogP contribution is -2.39. The number of aliphatic hydroxyl groups excluding tert-OH is 1. The summed E-state index contributed by atoms with van der Waals surface area (Å²) in [4.78, 5) is 11.0. The van der Waals surface area contributed by atoms with Crippen LogP contribution in [0.5, 0.6) is 0 Å². The van der Waals surface area contributed by atoms with Crippen LogP contribution in [0, 0.1) is 0 Å². The number of nitrogens with one attached hydrogen (secondary N) is 1. The highest BCUT2D eigenvalue weighted by Crippen LogP contribution is 2.20. The zero-order valence-electron chi connectivity index (χ0n) is 7.35. The Balaban J connectivity index is 2.75. The van der Waals surface area contributed by atoms with Gasteiger partial charge >= 0.3 is 0 Å². The standard InChI is InChI=1S/C9H11ClN2O2/c10-7(9(14)12-11)8(13)6-4-2-1-3-5-6/h1-5,7-8,13H,11H2,(H,12,14). The minimum Gasteiger partial charge on any atom is -0.386 e. The Morgan fingerprint density at radius 1 is 1.43 bits per heavy atom. The van der Waals surface area contributed by atoms with E-state index in [2.05, 4.69) is 0 Å². The predicted molar refractivity (Wildman–Crippen MR) is 53.4 cm³/mol. The Morgan fingerprint density at radius 3 is 2.50 bits per heavy atom. The van der Waals surface area contributed by atoms with Gasteiger partial charge in [-0.3, -0.25) is 10.2 Å². The van der Waals surface area contributed by atoms with Crippen molar-refractivity contribution < 1.29 is 9.90 Å². The van der Waals surface area contributed by atoms with Crippen LogP contribution in [0.25, 0.3) is 0 Å². The lowest BCUT2D eigenvalue weighted by molar-refractivity contribution is -0.122. The van der Waals surface area contributed by atoms with Gasteiger partial charge in [0, 0.05) is 0 Å². The van der Waals surface area contributed by atoms with E-state index in [1.54, 1.807) is 24.3 Å². The van der Waals surface area contributed by atoms with Crippen LogP contribution in [0.2, 0.25) is 0 Å². The van der Waals surface area contributed by atoms with Crippen LogP contribution in [-0.2, 0) is 4.79 Å². The molecule has 1 aromatic carbocycles. The number of hydrogen-bond donors (Lipinski definition) is 3. The number of halogens is 1. The maximum atomic E-state index is 11.0. The summed E-state index contributed by atoms with van der Waals surface area (Å²) in [6.45, 7) is 0. The molecule has 5 heteroatoms. The van der Waals surface area contributed by atoms with E-state index in [1.165, 1.54) is 0 Å². The molecular formula is C9H11ClN2O2. The van der Waals surface area contributed by atoms with Gasteiger partial charge in [0.15, 0.2) is 0 Å². The van der Waals surface area contributed by atoms with Crippen LogP contribution in [-0.4, -0.2) is 16.4 Å². The van der Waals surface area contributed by atoms with Gasteiger partial charge in [-0.15, -0.1) is 11.6 Å². The van der Waals surface area contributed by atoms with E-state index in [9.17, 15) is 9.90 Å². The zero-order chi connectivity index (χ0) is 10.6. The first-order valence-corrected chi connectivity index (χ1v) is 4.48. The minimum absolute atomic E-state index is 0.580. The molecule has 4 nitrogen and oxygen atoms in total. The molecule has 0 aromatic heterocycles. The third-order valence-electron chi connectivity index (χ3n) is 1.81. The largest absolute Gasteiger partial charge is 0.386 e. The number of nitrogens with two attached hydrogens (primary N) is 1. The van der Waals surface area contributed by atoms with Crippen LogP contribution in [0.1, 0.15) is 11.7 Å². The number of hydrazine groups is 1. The average Bonchev–Trinajstić information content (AvgIpc) is 2.27. The molecule has 0 saturated carbocycles. The quantitative estimate of drug-likeness (QED) is 0.294. The maximum absolute atomic E-state index is 11.0. The maximum Gasteiger partial charge on any atom is 0.254 e. The minimum atomic E-state index is -1.08. The third kappa shape index (κ3) is 2.45. The van der Waals surface area contributed by atoms with Crippen LogP contribution in [0.15, 0.2) is 30.3 Å². The molecular weight excluding hydrogens is 204 g/mol. The molecule has 1 amide bonds. The molecule has 0 bridgehead atoms. The number of carbonyl (C=O) groups is 1. The summed E-state index contributed by atoms with van der Waals surface area (Å²) >= 11 is 5.67. The van der Waals surface area contributed by atoms with Gasteiger partial charge in [-0.2, -0.15) is 0 Å². The van der Waals surface area contributed by atoms with E-state index in [4.69, 9.17) is 17.4 Å². The first-order valence-electron chi connectivity index (χ1n) is 4.04. The number of rotatable bonds is 3. The molecule has 2 atom stereocenters. The highest BCUT2D eigenvalue weighted by Gasteiger charge is 2.24. The summed E-state index contributed by atoms with van der Waals surface area (Å²) in [5.41, 5.74) is 2.46. The predicted octanol–water partition coefficient (Wildman–Crippen LogP) is 0.317. The Morgan fingerprint density at radius 2 is 2.00 bits per heavy atom. The summed E-state index contributed by atoms with van der Waals surface area (Å²) in [6, 6.07) is 8.68. The first kappa shape index (κ1) is 11.0. The van der Waals surface area contributed by atoms with E-state index in [1.807, 2.05) is 11.5 Å². The fourth-order valence-electron chi connectivity index (χ4n) is 1.04. The van der Waals surface area contributed by atoms with Gasteiger partial charge in [-0.25, -0.2) is 5.84 Å². The molecule has 14 heavy (non-hydrogen) atoms. The molecule has 76 valence electrons. The molecule has 0 fully saturated rings. The van der Waals surface area contributed by atoms with Gasteiger partial charge in [0.2, 0.25) is 0 Å². The monoisotopic (exact) mass is 214 g/mol. The summed E-state index contributed by atoms with van der Waals surface area (Å²) in [5, 5.41) is 8.56. The van der Waals surface area contributed by atoms with E-state index in [-0.39, 0.29) is 0 Å². The van der Waals surface area contributed by atoms with Gasteiger partial charge in [0.1, 0.15) is 11.5 Å².